The van der Waals surface area contributed by atoms with Crippen LogP contribution in [0.1, 0.15) is 31.4 Å². The molecule has 29 heavy (non-hydrogen) atoms. The van der Waals surface area contributed by atoms with Crippen molar-refractivity contribution in [1.82, 2.24) is 14.3 Å². The number of halogens is 1. The van der Waals surface area contributed by atoms with Gasteiger partial charge in [0.1, 0.15) is 6.54 Å². The molecule has 0 aliphatic rings. The van der Waals surface area contributed by atoms with E-state index in [0.717, 1.165) is 16.7 Å². The molecule has 150 valence electrons. The topological polar surface area (TPSA) is 56.9 Å². The van der Waals surface area contributed by atoms with Gasteiger partial charge in [0.05, 0.1) is 0 Å². The summed E-state index contributed by atoms with van der Waals surface area (Å²) in [5.74, 6) is 0.363. The summed E-state index contributed by atoms with van der Waals surface area (Å²) < 4.78 is 2.53. The van der Waals surface area contributed by atoms with Crippen LogP contribution < -0.4 is 5.69 Å². The molecule has 0 saturated heterocycles. The maximum Gasteiger partial charge on any atom is 0.350 e. The van der Waals surface area contributed by atoms with E-state index in [9.17, 15) is 9.59 Å². The number of rotatable bonds is 7. The van der Waals surface area contributed by atoms with Crippen molar-refractivity contribution in [3.8, 4) is 11.4 Å². The minimum Gasteiger partial charge on any atom is -0.298 e. The molecule has 1 heterocycles. The Bertz CT molecular complexity index is 1110. The molecule has 6 heteroatoms. The molecule has 1 aromatic heterocycles. The molecule has 0 bridgehead atoms. The molecule has 3 aromatic rings. The number of carbonyl (C=O) groups is 1. The van der Waals surface area contributed by atoms with Gasteiger partial charge in [-0.15, -0.1) is 5.10 Å². The van der Waals surface area contributed by atoms with Crippen LogP contribution in [0.4, 0.5) is 0 Å². The first-order valence-corrected chi connectivity index (χ1v) is 9.76. The third-order valence-electron chi connectivity index (χ3n) is 4.92. The highest BCUT2D eigenvalue weighted by molar-refractivity contribution is 6.30. The number of aromatic nitrogens is 3. The van der Waals surface area contributed by atoms with Crippen LogP contribution in [-0.4, -0.2) is 20.1 Å². The molecule has 0 aliphatic carbocycles. The van der Waals surface area contributed by atoms with Gasteiger partial charge in [0.15, 0.2) is 11.6 Å². The molecule has 0 amide bonds. The molecule has 5 nitrogen and oxygen atoms in total. The lowest BCUT2D eigenvalue weighted by Crippen LogP contribution is -2.29. The molecule has 0 fully saturated rings. The van der Waals surface area contributed by atoms with Crippen LogP contribution in [0.25, 0.3) is 17.6 Å². The minimum atomic E-state index is -0.397. The number of hydrogen-bond acceptors (Lipinski definition) is 3. The van der Waals surface area contributed by atoms with Crippen molar-refractivity contribution in [3.63, 3.8) is 0 Å². The highest BCUT2D eigenvalue weighted by atomic mass is 35.5. The molecular formula is C23H24ClN3O2. The van der Waals surface area contributed by atoms with Crippen molar-refractivity contribution in [2.45, 2.75) is 39.2 Å². The summed E-state index contributed by atoms with van der Waals surface area (Å²) in [7, 11) is 0. The Hall–Kier alpha value is -2.92. The van der Waals surface area contributed by atoms with Crippen molar-refractivity contribution < 1.29 is 4.79 Å². The smallest absolute Gasteiger partial charge is 0.298 e. The molecule has 0 aliphatic heterocycles. The Balaban J connectivity index is 1.84. The van der Waals surface area contributed by atoms with E-state index in [1.165, 1.54) is 15.4 Å². The van der Waals surface area contributed by atoms with E-state index in [1.807, 2.05) is 39.0 Å². The fourth-order valence-electron chi connectivity index (χ4n) is 3.37. The zero-order valence-corrected chi connectivity index (χ0v) is 17.6. The first-order valence-electron chi connectivity index (χ1n) is 9.38. The molecule has 3 rings (SSSR count). The van der Waals surface area contributed by atoms with Gasteiger partial charge in [0.25, 0.3) is 0 Å². The first-order chi connectivity index (χ1) is 13.7. The number of hydrogen-bond donors (Lipinski definition) is 0. The first kappa shape index (κ1) is 20.8. The Morgan fingerprint density at radius 2 is 1.90 bits per heavy atom. The Morgan fingerprint density at radius 1 is 1.21 bits per heavy atom. The van der Waals surface area contributed by atoms with E-state index in [4.69, 9.17) is 11.6 Å². The lowest BCUT2D eigenvalue weighted by molar-refractivity contribution is -0.120. The molecule has 0 unspecified atom stereocenters. The van der Waals surface area contributed by atoms with Gasteiger partial charge in [-0.2, -0.15) is 0 Å². The summed E-state index contributed by atoms with van der Waals surface area (Å²) >= 11 is 5.94. The molecular weight excluding hydrogens is 386 g/mol. The number of nitrogens with zero attached hydrogens (tertiary/aromatic N) is 3. The van der Waals surface area contributed by atoms with Crippen LogP contribution in [0.5, 0.6) is 0 Å². The number of benzene rings is 2. The Labute approximate surface area is 175 Å². The normalized spacial score (nSPS) is 11.4. The van der Waals surface area contributed by atoms with E-state index in [0.29, 0.717) is 17.3 Å². The third-order valence-corrected chi connectivity index (χ3v) is 5.17. The zero-order chi connectivity index (χ0) is 21.2. The number of Topliss-reactive ketones (excluding diaryl/α,β-unsaturated/α-hetero) is 1. The molecule has 2 aromatic carbocycles. The molecule has 0 saturated carbocycles. The van der Waals surface area contributed by atoms with E-state index < -0.39 is 5.69 Å². The van der Waals surface area contributed by atoms with Crippen molar-refractivity contribution in [2.75, 3.05) is 0 Å². The summed E-state index contributed by atoms with van der Waals surface area (Å²) in [6.07, 6.45) is 1.71. The number of carbonyl (C=O) groups excluding carboxylic acids is 1. The fourth-order valence-corrected chi connectivity index (χ4v) is 3.49. The molecule has 0 radical (unpaired) electrons. The summed E-state index contributed by atoms with van der Waals surface area (Å²) in [5, 5.41) is 4.96. The second kappa shape index (κ2) is 8.21. The van der Waals surface area contributed by atoms with E-state index >= 15 is 0 Å². The monoisotopic (exact) mass is 409 g/mol. The standard InChI is InChI=1S/C23H24ClN3O2/c1-5-26-21(17-9-11-19(24)12-10-17)25-27(22(26)29)15-20(28)14-23(3,4)18-8-6-7-16(2)13-18/h5-13H,1,14-15H2,2-4H3. The predicted octanol–water partition coefficient (Wildman–Crippen LogP) is 4.71. The average molecular weight is 410 g/mol. The summed E-state index contributed by atoms with van der Waals surface area (Å²) in [4.78, 5) is 25.5. The van der Waals surface area contributed by atoms with Crippen molar-refractivity contribution in [2.24, 2.45) is 0 Å². The minimum absolute atomic E-state index is 0.0602. The highest BCUT2D eigenvalue weighted by Crippen LogP contribution is 2.28. The Kier molecular flexibility index (Phi) is 5.89. The quantitative estimate of drug-likeness (QED) is 0.567. The summed E-state index contributed by atoms with van der Waals surface area (Å²) in [5.41, 5.74) is 2.23. The van der Waals surface area contributed by atoms with E-state index in [1.54, 1.807) is 24.3 Å². The lowest BCUT2D eigenvalue weighted by Gasteiger charge is -2.24. The predicted molar refractivity (Wildman–Crippen MR) is 117 cm³/mol. The van der Waals surface area contributed by atoms with Gasteiger partial charge in [-0.3, -0.25) is 9.36 Å². The second-order valence-corrected chi connectivity index (χ2v) is 8.23. The van der Waals surface area contributed by atoms with Gasteiger partial charge < -0.3 is 0 Å². The third kappa shape index (κ3) is 4.57. The van der Waals surface area contributed by atoms with Crippen LogP contribution in [0.15, 0.2) is 59.9 Å². The van der Waals surface area contributed by atoms with Gasteiger partial charge in [0.2, 0.25) is 0 Å². The number of ketones is 1. The van der Waals surface area contributed by atoms with Crippen molar-refractivity contribution >= 4 is 23.6 Å². The van der Waals surface area contributed by atoms with Crippen molar-refractivity contribution in [1.29, 1.82) is 0 Å². The lowest BCUT2D eigenvalue weighted by atomic mass is 9.79. The fraction of sp³-hybridized carbons (Fsp3) is 0.261. The largest absolute Gasteiger partial charge is 0.350 e. The van der Waals surface area contributed by atoms with E-state index in [2.05, 4.69) is 17.7 Å². The van der Waals surface area contributed by atoms with Gasteiger partial charge >= 0.3 is 5.69 Å². The average Bonchev–Trinajstić information content (AvgIpc) is 2.97. The maximum absolute atomic E-state index is 12.8. The Morgan fingerprint density at radius 3 is 2.52 bits per heavy atom. The summed E-state index contributed by atoms with van der Waals surface area (Å²) in [6, 6.07) is 15.1. The van der Waals surface area contributed by atoms with Gasteiger partial charge in [-0.25, -0.2) is 9.48 Å². The second-order valence-electron chi connectivity index (χ2n) is 7.79. The molecule has 0 N–H and O–H groups in total. The maximum atomic E-state index is 12.8. The molecule has 0 atom stereocenters. The van der Waals surface area contributed by atoms with Crippen LogP contribution >= 0.6 is 11.6 Å². The van der Waals surface area contributed by atoms with Crippen molar-refractivity contribution in [3.05, 3.63) is 81.7 Å². The van der Waals surface area contributed by atoms with Crippen LogP contribution in [0.2, 0.25) is 5.02 Å². The van der Waals surface area contributed by atoms with Crippen LogP contribution in [-0.2, 0) is 16.8 Å². The van der Waals surface area contributed by atoms with Gasteiger partial charge in [0, 0.05) is 23.2 Å². The highest BCUT2D eigenvalue weighted by Gasteiger charge is 2.25. The SMILES string of the molecule is C=Cn1c(-c2ccc(Cl)cc2)nn(CC(=O)CC(C)(C)c2cccc(C)c2)c1=O. The zero-order valence-electron chi connectivity index (χ0n) is 16.9. The number of aryl methyl sites for hydroxylation is 1. The van der Waals surface area contributed by atoms with E-state index in [-0.39, 0.29) is 17.7 Å². The van der Waals surface area contributed by atoms with Gasteiger partial charge in [-0.05, 0) is 42.2 Å². The van der Waals surface area contributed by atoms with Gasteiger partial charge in [-0.1, -0.05) is 61.9 Å². The van der Waals surface area contributed by atoms with Crippen LogP contribution in [0.3, 0.4) is 0 Å². The summed E-state index contributed by atoms with van der Waals surface area (Å²) in [6.45, 7) is 9.70. The van der Waals surface area contributed by atoms with Crippen LogP contribution in [0, 0.1) is 6.92 Å². The molecule has 0 spiro atoms.